The predicted molar refractivity (Wildman–Crippen MR) is 121 cm³/mol. The summed E-state index contributed by atoms with van der Waals surface area (Å²) >= 11 is 0. The molecule has 0 bridgehead atoms. The lowest BCUT2D eigenvalue weighted by atomic mass is 9.79. The molecule has 0 heterocycles. The Labute approximate surface area is 198 Å². The lowest BCUT2D eigenvalue weighted by Crippen LogP contribution is -2.22. The van der Waals surface area contributed by atoms with Crippen molar-refractivity contribution in [2.75, 3.05) is 14.2 Å². The highest BCUT2D eigenvalue weighted by atomic mass is 19.2. The first-order valence-electron chi connectivity index (χ1n) is 12.1. The topological polar surface area (TPSA) is 27.7 Å². The van der Waals surface area contributed by atoms with Crippen molar-refractivity contribution < 1.29 is 31.8 Å². The second kappa shape index (κ2) is 11.1. The van der Waals surface area contributed by atoms with Crippen molar-refractivity contribution in [2.45, 2.75) is 82.0 Å². The van der Waals surface area contributed by atoms with E-state index in [1.807, 2.05) is 0 Å². The summed E-state index contributed by atoms with van der Waals surface area (Å²) in [5.41, 5.74) is 1.03. The van der Waals surface area contributed by atoms with Crippen LogP contribution in [0, 0.1) is 23.3 Å². The summed E-state index contributed by atoms with van der Waals surface area (Å²) in [5.74, 6) is -3.64. The van der Waals surface area contributed by atoms with Crippen LogP contribution in [0.2, 0.25) is 0 Å². The molecule has 2 aliphatic rings. The van der Waals surface area contributed by atoms with Gasteiger partial charge in [0, 0.05) is 12.7 Å². The minimum absolute atomic E-state index is 0.0299. The second-order valence-corrected chi connectivity index (χ2v) is 9.42. The maximum absolute atomic E-state index is 15.0. The van der Waals surface area contributed by atoms with Crippen LogP contribution in [0.5, 0.6) is 5.75 Å². The van der Waals surface area contributed by atoms with Gasteiger partial charge in [-0.1, -0.05) is 12.1 Å². The standard InChI is InChI=1S/C27H32F4O3/c1-32-19-8-3-16(4-9-19)21-12-13-22(26(30)25(21)29)17-5-10-20(11-6-17)34-15-18-7-14-23(33-2)27(31)24(18)28/h7,12-14,16-17,19-20H,3-6,8-11,15H2,1-2H3. The summed E-state index contributed by atoms with van der Waals surface area (Å²) in [6.07, 6.45) is 6.00. The van der Waals surface area contributed by atoms with Crippen molar-refractivity contribution in [1.29, 1.82) is 0 Å². The molecular formula is C27H32F4O3. The third kappa shape index (κ3) is 5.25. The van der Waals surface area contributed by atoms with Gasteiger partial charge in [0.2, 0.25) is 5.82 Å². The van der Waals surface area contributed by atoms with Gasteiger partial charge in [0.1, 0.15) is 0 Å². The summed E-state index contributed by atoms with van der Waals surface area (Å²) < 4.78 is 74.0. The average molecular weight is 481 g/mol. The van der Waals surface area contributed by atoms with Gasteiger partial charge in [-0.2, -0.15) is 4.39 Å². The predicted octanol–water partition coefficient (Wildman–Crippen LogP) is 7.17. The quantitative estimate of drug-likeness (QED) is 0.393. The van der Waals surface area contributed by atoms with Crippen molar-refractivity contribution in [2.24, 2.45) is 0 Å². The summed E-state index contributed by atoms with van der Waals surface area (Å²) in [7, 11) is 2.97. The highest BCUT2D eigenvalue weighted by Crippen LogP contribution is 2.40. The SMILES string of the molecule is COc1ccc(COC2CCC(c3ccc(C4CCC(OC)CC4)c(F)c3F)CC2)c(F)c1F. The zero-order chi connectivity index (χ0) is 24.2. The van der Waals surface area contributed by atoms with E-state index < -0.39 is 23.3 Å². The van der Waals surface area contributed by atoms with Crippen LogP contribution >= 0.6 is 0 Å². The zero-order valence-electron chi connectivity index (χ0n) is 19.7. The molecule has 2 saturated carbocycles. The van der Waals surface area contributed by atoms with Gasteiger partial charge in [0.15, 0.2) is 23.2 Å². The summed E-state index contributed by atoms with van der Waals surface area (Å²) in [6, 6.07) is 6.33. The van der Waals surface area contributed by atoms with Gasteiger partial charge in [-0.3, -0.25) is 0 Å². The molecular weight excluding hydrogens is 448 g/mol. The molecule has 7 heteroatoms. The first-order chi connectivity index (χ1) is 16.4. The van der Waals surface area contributed by atoms with Gasteiger partial charge in [-0.25, -0.2) is 13.2 Å². The van der Waals surface area contributed by atoms with Crippen LogP contribution < -0.4 is 4.74 Å². The number of halogens is 4. The molecule has 4 rings (SSSR count). The summed E-state index contributed by atoms with van der Waals surface area (Å²) in [4.78, 5) is 0. The van der Waals surface area contributed by atoms with Crippen LogP contribution in [0.4, 0.5) is 17.6 Å². The van der Waals surface area contributed by atoms with Crippen LogP contribution in [0.3, 0.4) is 0 Å². The van der Waals surface area contributed by atoms with Crippen LogP contribution in [-0.2, 0) is 16.1 Å². The zero-order valence-corrected chi connectivity index (χ0v) is 19.7. The fourth-order valence-electron chi connectivity index (χ4n) is 5.41. The Hall–Kier alpha value is -2.12. The number of ether oxygens (including phenoxy) is 3. The highest BCUT2D eigenvalue weighted by Gasteiger charge is 2.30. The van der Waals surface area contributed by atoms with Gasteiger partial charge in [0.25, 0.3) is 0 Å². The smallest absolute Gasteiger partial charge is 0.200 e. The molecule has 3 nitrogen and oxygen atoms in total. The summed E-state index contributed by atoms with van der Waals surface area (Å²) in [6.45, 7) is -0.0505. The van der Waals surface area contributed by atoms with Crippen LogP contribution in [0.25, 0.3) is 0 Å². The van der Waals surface area contributed by atoms with E-state index in [9.17, 15) is 13.2 Å². The number of benzene rings is 2. The van der Waals surface area contributed by atoms with E-state index in [0.29, 0.717) is 36.8 Å². The monoisotopic (exact) mass is 480 g/mol. The Balaban J connectivity index is 1.33. The molecule has 0 spiro atoms. The van der Waals surface area contributed by atoms with Gasteiger partial charge in [-0.05, 0) is 86.5 Å². The van der Waals surface area contributed by atoms with Crippen LogP contribution in [-0.4, -0.2) is 26.4 Å². The Kier molecular flexibility index (Phi) is 8.14. The van der Waals surface area contributed by atoms with E-state index >= 15 is 4.39 Å². The van der Waals surface area contributed by atoms with E-state index in [1.165, 1.54) is 19.2 Å². The minimum Gasteiger partial charge on any atom is -0.494 e. The number of hydrogen-bond acceptors (Lipinski definition) is 3. The van der Waals surface area contributed by atoms with E-state index in [1.54, 1.807) is 19.2 Å². The van der Waals surface area contributed by atoms with Gasteiger partial charge in [0.05, 0.1) is 25.9 Å². The molecule has 2 aromatic rings. The molecule has 34 heavy (non-hydrogen) atoms. The average Bonchev–Trinajstić information content (AvgIpc) is 2.87. The lowest BCUT2D eigenvalue weighted by Gasteiger charge is -2.30. The first kappa shape index (κ1) is 25.0. The molecule has 2 aromatic carbocycles. The van der Waals surface area contributed by atoms with Crippen molar-refractivity contribution >= 4 is 0 Å². The molecule has 0 aliphatic heterocycles. The summed E-state index contributed by atoms with van der Waals surface area (Å²) in [5, 5.41) is 0. The molecule has 0 aromatic heterocycles. The van der Waals surface area contributed by atoms with Crippen molar-refractivity contribution in [3.8, 4) is 5.75 Å². The van der Waals surface area contributed by atoms with Gasteiger partial charge in [-0.15, -0.1) is 0 Å². The fraction of sp³-hybridized carbons (Fsp3) is 0.556. The van der Waals surface area contributed by atoms with Crippen molar-refractivity contribution in [3.05, 3.63) is 64.2 Å². The number of hydrogen-bond donors (Lipinski definition) is 0. The van der Waals surface area contributed by atoms with E-state index in [-0.39, 0.29) is 42.0 Å². The van der Waals surface area contributed by atoms with E-state index in [2.05, 4.69) is 0 Å². The Morgan fingerprint density at radius 2 is 1.18 bits per heavy atom. The molecule has 0 amide bonds. The van der Waals surface area contributed by atoms with Gasteiger partial charge >= 0.3 is 0 Å². The first-order valence-corrected chi connectivity index (χ1v) is 12.1. The molecule has 0 radical (unpaired) electrons. The molecule has 2 fully saturated rings. The minimum atomic E-state index is -1.03. The molecule has 186 valence electrons. The Morgan fingerprint density at radius 3 is 1.68 bits per heavy atom. The maximum Gasteiger partial charge on any atom is 0.200 e. The molecule has 2 aliphatic carbocycles. The van der Waals surface area contributed by atoms with Crippen LogP contribution in [0.1, 0.15) is 79.9 Å². The molecule has 0 atom stereocenters. The van der Waals surface area contributed by atoms with Gasteiger partial charge < -0.3 is 14.2 Å². The number of methoxy groups -OCH3 is 2. The fourth-order valence-corrected chi connectivity index (χ4v) is 5.41. The molecule has 0 saturated heterocycles. The largest absolute Gasteiger partial charge is 0.494 e. The molecule has 0 unspecified atom stereocenters. The highest BCUT2D eigenvalue weighted by molar-refractivity contribution is 5.32. The third-order valence-electron chi connectivity index (χ3n) is 7.52. The van der Waals surface area contributed by atoms with E-state index in [4.69, 9.17) is 14.2 Å². The number of rotatable bonds is 7. The third-order valence-corrected chi connectivity index (χ3v) is 7.52. The van der Waals surface area contributed by atoms with E-state index in [0.717, 1.165) is 25.7 Å². The maximum atomic E-state index is 15.0. The normalized spacial score (nSPS) is 25.4. The lowest BCUT2D eigenvalue weighted by molar-refractivity contribution is 0.0116. The Morgan fingerprint density at radius 1 is 0.647 bits per heavy atom. The van der Waals surface area contributed by atoms with Crippen molar-refractivity contribution in [3.63, 3.8) is 0 Å². The van der Waals surface area contributed by atoms with Crippen LogP contribution in [0.15, 0.2) is 24.3 Å². The Bertz CT molecular complexity index is 980. The molecule has 0 N–H and O–H groups in total. The second-order valence-electron chi connectivity index (χ2n) is 9.42. The van der Waals surface area contributed by atoms with Crippen molar-refractivity contribution in [1.82, 2.24) is 0 Å².